The van der Waals surface area contributed by atoms with Gasteiger partial charge in [-0.3, -0.25) is 0 Å². The van der Waals surface area contributed by atoms with E-state index in [0.717, 1.165) is 6.07 Å². The Kier molecular flexibility index (Phi) is 4.05. The zero-order valence-corrected chi connectivity index (χ0v) is 8.07. The summed E-state index contributed by atoms with van der Waals surface area (Å²) in [6, 6.07) is 3.75. The lowest BCUT2D eigenvalue weighted by molar-refractivity contribution is 0.0477. The van der Waals surface area contributed by atoms with Crippen molar-refractivity contribution in [3.63, 3.8) is 0 Å². The maximum atomic E-state index is 13.2. The van der Waals surface area contributed by atoms with Crippen molar-refractivity contribution in [1.82, 2.24) is 0 Å². The molecule has 0 amide bonds. The van der Waals surface area contributed by atoms with Crippen molar-refractivity contribution < 1.29 is 19.0 Å². The van der Waals surface area contributed by atoms with E-state index in [4.69, 9.17) is 15.6 Å². The Hall–Kier alpha value is -1.62. The zero-order chi connectivity index (χ0) is 11.3. The minimum atomic E-state index is -0.749. The number of rotatable bonds is 4. The van der Waals surface area contributed by atoms with Gasteiger partial charge in [-0.25, -0.2) is 9.18 Å². The lowest BCUT2D eigenvalue weighted by Gasteiger charge is -2.04. The Labute approximate surface area is 86.5 Å². The van der Waals surface area contributed by atoms with Gasteiger partial charge in [0.05, 0.1) is 12.2 Å². The molecule has 0 fully saturated rings. The van der Waals surface area contributed by atoms with Gasteiger partial charge in [0, 0.05) is 18.7 Å². The Bertz CT molecular complexity index is 355. The molecule has 0 bridgehead atoms. The number of nitrogens with two attached hydrogens (primary N) is 1. The van der Waals surface area contributed by atoms with E-state index in [1.165, 1.54) is 12.1 Å². The largest absolute Gasteiger partial charge is 0.462 e. The number of aliphatic hydroxyl groups is 1. The summed E-state index contributed by atoms with van der Waals surface area (Å²) in [5.74, 6) is -1.45. The molecule has 0 heterocycles. The molecule has 82 valence electrons. The number of ether oxygens (including phenoxy) is 1. The second-order valence-corrected chi connectivity index (χ2v) is 2.95. The first-order valence-electron chi connectivity index (χ1n) is 4.48. The van der Waals surface area contributed by atoms with Crippen molar-refractivity contribution in [2.24, 2.45) is 0 Å². The lowest BCUT2D eigenvalue weighted by Crippen LogP contribution is -2.09. The zero-order valence-electron chi connectivity index (χ0n) is 8.07. The molecule has 1 aromatic carbocycles. The van der Waals surface area contributed by atoms with E-state index in [-0.39, 0.29) is 24.5 Å². The number of anilines is 1. The van der Waals surface area contributed by atoms with Crippen molar-refractivity contribution in [3.8, 4) is 0 Å². The van der Waals surface area contributed by atoms with Crippen LogP contribution in [0.15, 0.2) is 18.2 Å². The first-order valence-corrected chi connectivity index (χ1v) is 4.48. The van der Waals surface area contributed by atoms with Crippen LogP contribution in [0.3, 0.4) is 0 Å². The summed E-state index contributed by atoms with van der Waals surface area (Å²) >= 11 is 0. The molecular formula is C10H12FNO3. The van der Waals surface area contributed by atoms with E-state index in [1.54, 1.807) is 0 Å². The Morgan fingerprint density at radius 1 is 1.53 bits per heavy atom. The van der Waals surface area contributed by atoms with Crippen LogP contribution in [0.25, 0.3) is 0 Å². The van der Waals surface area contributed by atoms with Crippen molar-refractivity contribution >= 4 is 11.7 Å². The Morgan fingerprint density at radius 2 is 2.27 bits per heavy atom. The highest BCUT2D eigenvalue weighted by Gasteiger charge is 2.12. The molecule has 3 N–H and O–H groups in total. The number of carbonyl (C=O) groups is 1. The Morgan fingerprint density at radius 3 is 2.87 bits per heavy atom. The first kappa shape index (κ1) is 11.5. The molecule has 0 aliphatic heterocycles. The average molecular weight is 213 g/mol. The molecule has 0 atom stereocenters. The van der Waals surface area contributed by atoms with Crippen LogP contribution in [0, 0.1) is 5.82 Å². The van der Waals surface area contributed by atoms with Crippen LogP contribution in [0.2, 0.25) is 0 Å². The summed E-state index contributed by atoms with van der Waals surface area (Å²) in [5.41, 5.74) is 5.42. The highest BCUT2D eigenvalue weighted by molar-refractivity contribution is 5.90. The summed E-state index contributed by atoms with van der Waals surface area (Å²) in [7, 11) is 0. The predicted octanol–water partition coefficient (Wildman–Crippen LogP) is 0.947. The van der Waals surface area contributed by atoms with Crippen molar-refractivity contribution in [1.29, 1.82) is 0 Å². The van der Waals surface area contributed by atoms with Crippen LogP contribution in [0.1, 0.15) is 16.8 Å². The molecule has 0 saturated carbocycles. The third-order valence-electron chi connectivity index (χ3n) is 1.75. The maximum absolute atomic E-state index is 13.2. The van der Waals surface area contributed by atoms with Crippen molar-refractivity contribution in [3.05, 3.63) is 29.6 Å². The fourth-order valence-corrected chi connectivity index (χ4v) is 1.00. The van der Waals surface area contributed by atoms with Crippen LogP contribution in [-0.4, -0.2) is 24.3 Å². The van der Waals surface area contributed by atoms with E-state index in [2.05, 4.69) is 0 Å². The summed E-state index contributed by atoms with van der Waals surface area (Å²) in [6.07, 6.45) is 0.336. The van der Waals surface area contributed by atoms with E-state index in [0.29, 0.717) is 6.42 Å². The van der Waals surface area contributed by atoms with Crippen LogP contribution in [0.4, 0.5) is 10.1 Å². The van der Waals surface area contributed by atoms with E-state index < -0.39 is 11.8 Å². The molecule has 0 radical (unpaired) electrons. The van der Waals surface area contributed by atoms with Crippen LogP contribution in [0.5, 0.6) is 0 Å². The fraction of sp³-hybridized carbons (Fsp3) is 0.300. The van der Waals surface area contributed by atoms with E-state index in [1.807, 2.05) is 0 Å². The molecule has 0 spiro atoms. The number of esters is 1. The average Bonchev–Trinajstić information content (AvgIpc) is 2.17. The summed E-state index contributed by atoms with van der Waals surface area (Å²) in [5, 5.41) is 8.46. The van der Waals surface area contributed by atoms with Crippen LogP contribution >= 0.6 is 0 Å². The molecule has 5 heteroatoms. The first-order chi connectivity index (χ1) is 7.15. The second kappa shape index (κ2) is 5.31. The molecule has 0 aliphatic carbocycles. The number of hydrogen-bond donors (Lipinski definition) is 2. The highest BCUT2D eigenvalue weighted by atomic mass is 19.1. The quantitative estimate of drug-likeness (QED) is 0.443. The number of halogens is 1. The van der Waals surface area contributed by atoms with Gasteiger partial charge in [0.1, 0.15) is 5.82 Å². The molecule has 1 aromatic rings. The summed E-state index contributed by atoms with van der Waals surface area (Å²) in [6.45, 7) is -0.00332. The van der Waals surface area contributed by atoms with E-state index in [9.17, 15) is 9.18 Å². The van der Waals surface area contributed by atoms with Gasteiger partial charge in [0.25, 0.3) is 0 Å². The number of nitrogen functional groups attached to an aromatic ring is 1. The molecular weight excluding hydrogens is 201 g/mol. The van der Waals surface area contributed by atoms with E-state index >= 15 is 0 Å². The van der Waals surface area contributed by atoms with Crippen molar-refractivity contribution in [2.75, 3.05) is 18.9 Å². The summed E-state index contributed by atoms with van der Waals surface area (Å²) < 4.78 is 17.9. The van der Waals surface area contributed by atoms with Crippen molar-refractivity contribution in [2.45, 2.75) is 6.42 Å². The molecule has 0 unspecified atom stereocenters. The number of hydrogen-bond acceptors (Lipinski definition) is 4. The standard InChI is InChI=1S/C10H12FNO3/c11-9-6-7(12)2-3-8(9)10(14)15-5-1-4-13/h2-3,6,13H,1,4-5,12H2. The third-order valence-corrected chi connectivity index (χ3v) is 1.75. The third kappa shape index (κ3) is 3.21. The Balaban J connectivity index is 2.65. The molecule has 0 saturated heterocycles. The topological polar surface area (TPSA) is 72.6 Å². The molecule has 0 aromatic heterocycles. The molecule has 15 heavy (non-hydrogen) atoms. The van der Waals surface area contributed by atoms with Gasteiger partial charge >= 0.3 is 5.97 Å². The van der Waals surface area contributed by atoms with Gasteiger partial charge < -0.3 is 15.6 Å². The van der Waals surface area contributed by atoms with Gasteiger partial charge in [-0.05, 0) is 18.2 Å². The molecule has 0 aliphatic rings. The minimum absolute atomic E-state index is 0.0686. The van der Waals surface area contributed by atoms with Gasteiger partial charge in [-0.2, -0.15) is 0 Å². The van der Waals surface area contributed by atoms with Gasteiger partial charge in [0.15, 0.2) is 0 Å². The molecule has 4 nitrogen and oxygen atoms in total. The van der Waals surface area contributed by atoms with Crippen LogP contribution < -0.4 is 5.73 Å². The predicted molar refractivity (Wildman–Crippen MR) is 52.8 cm³/mol. The van der Waals surface area contributed by atoms with Gasteiger partial charge in [-0.15, -0.1) is 0 Å². The number of benzene rings is 1. The van der Waals surface area contributed by atoms with Gasteiger partial charge in [-0.1, -0.05) is 0 Å². The maximum Gasteiger partial charge on any atom is 0.341 e. The summed E-state index contributed by atoms with van der Waals surface area (Å²) in [4.78, 5) is 11.3. The van der Waals surface area contributed by atoms with Crippen LogP contribution in [-0.2, 0) is 4.74 Å². The SMILES string of the molecule is Nc1ccc(C(=O)OCCCO)c(F)c1. The second-order valence-electron chi connectivity index (χ2n) is 2.95. The van der Waals surface area contributed by atoms with Gasteiger partial charge in [0.2, 0.25) is 0 Å². The number of aliphatic hydroxyl groups excluding tert-OH is 1. The fourth-order valence-electron chi connectivity index (χ4n) is 1.00. The smallest absolute Gasteiger partial charge is 0.341 e. The monoisotopic (exact) mass is 213 g/mol. The minimum Gasteiger partial charge on any atom is -0.462 e. The normalized spacial score (nSPS) is 10.0. The number of carbonyl (C=O) groups excluding carboxylic acids is 1. The lowest BCUT2D eigenvalue weighted by atomic mass is 10.2. The molecule has 1 rings (SSSR count). The highest BCUT2D eigenvalue weighted by Crippen LogP contribution is 2.12.